The molecule has 1 aromatic carbocycles. The zero-order valence-corrected chi connectivity index (χ0v) is 26.5. The first-order chi connectivity index (χ1) is 20.6. The summed E-state index contributed by atoms with van der Waals surface area (Å²) < 4.78 is 25.9. The van der Waals surface area contributed by atoms with Crippen LogP contribution in [0, 0.1) is 5.82 Å². The minimum absolute atomic E-state index is 0.132. The first kappa shape index (κ1) is 30.6. The summed E-state index contributed by atoms with van der Waals surface area (Å²) in [5.41, 5.74) is 2.35. The van der Waals surface area contributed by atoms with Crippen molar-refractivity contribution in [2.24, 2.45) is 5.16 Å². The molecular formula is C30H40FN7O4Si. The van der Waals surface area contributed by atoms with Crippen LogP contribution in [0.25, 0.3) is 22.6 Å². The van der Waals surface area contributed by atoms with Crippen LogP contribution in [0.5, 0.6) is 0 Å². The van der Waals surface area contributed by atoms with Crippen molar-refractivity contribution in [1.29, 1.82) is 0 Å². The average molecular weight is 610 g/mol. The van der Waals surface area contributed by atoms with Crippen molar-refractivity contribution >= 4 is 24.9 Å². The van der Waals surface area contributed by atoms with Gasteiger partial charge in [0.2, 0.25) is 0 Å². The van der Waals surface area contributed by atoms with Crippen molar-refractivity contribution in [3.63, 3.8) is 0 Å². The number of aryl methyl sites for hydroxylation is 1. The number of nitrogens with zero attached hydrogens (tertiary/aromatic N) is 7. The van der Waals surface area contributed by atoms with E-state index in [4.69, 9.17) is 14.6 Å². The molecular weight excluding hydrogens is 569 g/mol. The fourth-order valence-electron chi connectivity index (χ4n) is 5.15. The molecule has 0 aliphatic carbocycles. The normalized spacial score (nSPS) is 15.3. The van der Waals surface area contributed by atoms with Crippen molar-refractivity contribution in [3.8, 4) is 11.4 Å². The van der Waals surface area contributed by atoms with Crippen LogP contribution in [0.2, 0.25) is 25.7 Å². The van der Waals surface area contributed by atoms with Crippen LogP contribution in [0.1, 0.15) is 44.8 Å². The summed E-state index contributed by atoms with van der Waals surface area (Å²) >= 11 is 0. The fourth-order valence-corrected chi connectivity index (χ4v) is 5.90. The van der Waals surface area contributed by atoms with Crippen LogP contribution in [-0.4, -0.2) is 48.9 Å². The molecule has 13 heteroatoms. The van der Waals surface area contributed by atoms with Gasteiger partial charge in [-0.15, -0.1) is 0 Å². The Hall–Kier alpha value is -3.84. The van der Waals surface area contributed by atoms with Crippen molar-refractivity contribution in [1.82, 2.24) is 28.5 Å². The Morgan fingerprint density at radius 1 is 1.05 bits per heavy atom. The minimum Gasteiger partial charge on any atom is -0.387 e. The smallest absolute Gasteiger partial charge is 0.332 e. The SMILES string of the molecule is CCCn1c(=O)c2c(nc(-c3cnn(CC4=NOC(c5ccc(F)cc5)C4)c3)n2COCC[Si](C)(C)C)n(CCC)c1=O. The second-order valence-electron chi connectivity index (χ2n) is 12.2. The third kappa shape index (κ3) is 6.72. The molecule has 0 radical (unpaired) electrons. The van der Waals surface area contributed by atoms with E-state index >= 15 is 0 Å². The maximum absolute atomic E-state index is 13.7. The molecule has 3 aromatic heterocycles. The van der Waals surface area contributed by atoms with Crippen LogP contribution in [0.3, 0.4) is 0 Å². The third-order valence-corrected chi connectivity index (χ3v) is 9.14. The molecule has 11 nitrogen and oxygen atoms in total. The summed E-state index contributed by atoms with van der Waals surface area (Å²) in [5.74, 6) is 0.217. The highest BCUT2D eigenvalue weighted by atomic mass is 28.3. The second kappa shape index (κ2) is 12.8. The zero-order valence-electron chi connectivity index (χ0n) is 25.5. The number of aromatic nitrogens is 6. The van der Waals surface area contributed by atoms with Crippen LogP contribution in [-0.2, 0) is 35.9 Å². The molecule has 0 saturated carbocycles. The molecule has 43 heavy (non-hydrogen) atoms. The van der Waals surface area contributed by atoms with Gasteiger partial charge in [-0.05, 0) is 36.6 Å². The molecule has 1 aliphatic rings. The minimum atomic E-state index is -1.32. The van der Waals surface area contributed by atoms with Gasteiger partial charge in [-0.2, -0.15) is 5.10 Å². The summed E-state index contributed by atoms with van der Waals surface area (Å²) in [6.07, 6.45) is 5.20. The first-order valence-electron chi connectivity index (χ1n) is 14.9. The van der Waals surface area contributed by atoms with Crippen LogP contribution in [0.15, 0.2) is 51.4 Å². The van der Waals surface area contributed by atoms with Gasteiger partial charge in [0.05, 0.1) is 24.0 Å². The fraction of sp³-hybridized carbons (Fsp3) is 0.500. The molecule has 1 unspecified atom stereocenters. The molecule has 0 spiro atoms. The number of ether oxygens (including phenoxy) is 1. The standard InChI is InChI=1S/C30H40FN7O4Si/c1-6-12-36-28-26(29(39)37(13-7-2)30(36)40)38(20-41-14-15-43(3,4)5)27(33-28)22-17-32-35(18-22)19-24-16-25(42-34-24)21-8-10-23(31)11-9-21/h8-11,17-18,25H,6-7,12-16,19-20H2,1-5H3. The molecule has 0 N–H and O–H groups in total. The lowest BCUT2D eigenvalue weighted by molar-refractivity contribution is 0.0856. The van der Waals surface area contributed by atoms with Gasteiger partial charge in [-0.25, -0.2) is 14.2 Å². The van der Waals surface area contributed by atoms with Gasteiger partial charge in [-0.1, -0.05) is 50.8 Å². The molecule has 4 aromatic rings. The Kier molecular flexibility index (Phi) is 9.11. The van der Waals surface area contributed by atoms with Crippen LogP contribution >= 0.6 is 0 Å². The Morgan fingerprint density at radius 3 is 2.47 bits per heavy atom. The topological polar surface area (TPSA) is 110 Å². The summed E-state index contributed by atoms with van der Waals surface area (Å²) in [6.45, 7) is 12.7. The monoisotopic (exact) mass is 609 g/mol. The summed E-state index contributed by atoms with van der Waals surface area (Å²) in [7, 11) is -1.32. The Morgan fingerprint density at radius 2 is 1.77 bits per heavy atom. The van der Waals surface area contributed by atoms with E-state index in [1.54, 1.807) is 32.1 Å². The number of halogens is 1. The quantitative estimate of drug-likeness (QED) is 0.156. The molecule has 0 fully saturated rings. The number of hydrogen-bond donors (Lipinski definition) is 0. The first-order valence-corrected chi connectivity index (χ1v) is 18.6. The molecule has 1 atom stereocenters. The molecule has 5 rings (SSSR count). The van der Waals surface area contributed by atoms with Crippen molar-refractivity contribution < 1.29 is 14.0 Å². The highest BCUT2D eigenvalue weighted by Gasteiger charge is 2.25. The lowest BCUT2D eigenvalue weighted by Crippen LogP contribution is -2.40. The molecule has 1 aliphatic heterocycles. The van der Waals surface area contributed by atoms with Crippen molar-refractivity contribution in [3.05, 3.63) is 68.9 Å². The van der Waals surface area contributed by atoms with E-state index in [-0.39, 0.29) is 29.9 Å². The molecule has 0 amide bonds. The van der Waals surface area contributed by atoms with Crippen LogP contribution < -0.4 is 11.2 Å². The Balaban J connectivity index is 1.48. The van der Waals surface area contributed by atoms with Gasteiger partial charge in [0.1, 0.15) is 18.4 Å². The van der Waals surface area contributed by atoms with Gasteiger partial charge in [0.25, 0.3) is 5.56 Å². The highest BCUT2D eigenvalue weighted by molar-refractivity contribution is 6.76. The van der Waals surface area contributed by atoms with Crippen LogP contribution in [0.4, 0.5) is 4.39 Å². The van der Waals surface area contributed by atoms with E-state index in [2.05, 4.69) is 29.9 Å². The predicted molar refractivity (Wildman–Crippen MR) is 166 cm³/mol. The van der Waals surface area contributed by atoms with E-state index in [1.165, 1.54) is 16.7 Å². The summed E-state index contributed by atoms with van der Waals surface area (Å²) in [4.78, 5) is 37.5. The van der Waals surface area contributed by atoms with Gasteiger partial charge < -0.3 is 9.57 Å². The molecule has 0 saturated heterocycles. The van der Waals surface area contributed by atoms with E-state index in [0.717, 1.165) is 23.7 Å². The lowest BCUT2D eigenvalue weighted by atomic mass is 10.0. The molecule has 0 bridgehead atoms. The molecule has 230 valence electrons. The maximum atomic E-state index is 13.7. The number of oxime groups is 1. The third-order valence-electron chi connectivity index (χ3n) is 7.43. The number of fused-ring (bicyclic) bond motifs is 1. The van der Waals surface area contributed by atoms with Gasteiger partial charge in [-0.3, -0.25) is 23.2 Å². The lowest BCUT2D eigenvalue weighted by Gasteiger charge is -2.16. The Bertz CT molecular complexity index is 1730. The zero-order chi connectivity index (χ0) is 30.7. The second-order valence-corrected chi connectivity index (χ2v) is 17.8. The van der Waals surface area contributed by atoms with Gasteiger partial charge in [0.15, 0.2) is 17.3 Å². The van der Waals surface area contributed by atoms with Gasteiger partial charge >= 0.3 is 5.69 Å². The predicted octanol–water partition coefficient (Wildman–Crippen LogP) is 5.01. The van der Waals surface area contributed by atoms with E-state index < -0.39 is 8.07 Å². The van der Waals surface area contributed by atoms with E-state index in [9.17, 15) is 14.0 Å². The van der Waals surface area contributed by atoms with Gasteiger partial charge in [0, 0.05) is 40.4 Å². The van der Waals surface area contributed by atoms with Crippen molar-refractivity contribution in [2.75, 3.05) is 6.61 Å². The number of hydrogen-bond acceptors (Lipinski definition) is 7. The van der Waals surface area contributed by atoms with E-state index in [1.807, 2.05) is 20.0 Å². The number of benzene rings is 1. The Labute approximate surface area is 250 Å². The average Bonchev–Trinajstić information content (AvgIpc) is 3.71. The molecule has 4 heterocycles. The maximum Gasteiger partial charge on any atom is 0.332 e. The number of rotatable bonds is 13. The largest absolute Gasteiger partial charge is 0.387 e. The highest BCUT2D eigenvalue weighted by Crippen LogP contribution is 2.28. The van der Waals surface area contributed by atoms with E-state index in [0.29, 0.717) is 61.6 Å². The number of imidazole rings is 1. The van der Waals surface area contributed by atoms with Crippen molar-refractivity contribution in [2.45, 2.75) is 91.3 Å². The summed E-state index contributed by atoms with van der Waals surface area (Å²) in [5, 5.41) is 8.78. The summed E-state index contributed by atoms with van der Waals surface area (Å²) in [6, 6.07) is 7.21.